The molecule has 2 aromatic carbocycles. The number of nitrogens with one attached hydrogen (secondary N) is 1. The van der Waals surface area contributed by atoms with Crippen LogP contribution >= 0.6 is 0 Å². The summed E-state index contributed by atoms with van der Waals surface area (Å²) >= 11 is 0. The van der Waals surface area contributed by atoms with Crippen LogP contribution in [0.4, 0.5) is 5.69 Å². The molecule has 1 aromatic heterocycles. The lowest BCUT2D eigenvalue weighted by Gasteiger charge is -2.14. The maximum atomic E-state index is 12.6. The van der Waals surface area contributed by atoms with E-state index in [0.29, 0.717) is 23.0 Å². The molecule has 0 saturated heterocycles. The standard InChI is InChI=1S/C21H23N3O4S/c1-14-10-11-17(29(26,27)24(3)4)12-18(14)22-20(25)13-19-15(2)28-21(23-19)16-8-6-5-7-9-16/h5-12H,13H2,1-4H3,(H,22,25). The van der Waals surface area contributed by atoms with Crippen molar-refractivity contribution in [2.24, 2.45) is 0 Å². The molecule has 0 saturated carbocycles. The van der Waals surface area contributed by atoms with Crippen LogP contribution < -0.4 is 5.32 Å². The number of hydrogen-bond acceptors (Lipinski definition) is 5. The van der Waals surface area contributed by atoms with Crippen molar-refractivity contribution in [2.45, 2.75) is 25.2 Å². The zero-order valence-electron chi connectivity index (χ0n) is 16.8. The minimum absolute atomic E-state index is 0.0201. The first-order chi connectivity index (χ1) is 13.7. The Balaban J connectivity index is 1.79. The van der Waals surface area contributed by atoms with Gasteiger partial charge in [0.1, 0.15) is 5.76 Å². The van der Waals surface area contributed by atoms with E-state index in [-0.39, 0.29) is 17.2 Å². The molecule has 0 aliphatic carbocycles. The Morgan fingerprint density at radius 1 is 1.10 bits per heavy atom. The van der Waals surface area contributed by atoms with Gasteiger partial charge in [-0.2, -0.15) is 0 Å². The van der Waals surface area contributed by atoms with Crippen molar-refractivity contribution >= 4 is 21.6 Å². The molecule has 152 valence electrons. The minimum atomic E-state index is -3.59. The van der Waals surface area contributed by atoms with Crippen LogP contribution in [-0.4, -0.2) is 37.7 Å². The molecule has 7 nitrogen and oxygen atoms in total. The molecule has 0 aliphatic heterocycles. The van der Waals surface area contributed by atoms with Gasteiger partial charge in [0.25, 0.3) is 0 Å². The summed E-state index contributed by atoms with van der Waals surface area (Å²) in [5, 5.41) is 2.78. The minimum Gasteiger partial charge on any atom is -0.441 e. The van der Waals surface area contributed by atoms with Crippen LogP contribution in [-0.2, 0) is 21.2 Å². The number of amides is 1. The van der Waals surface area contributed by atoms with Gasteiger partial charge in [-0.1, -0.05) is 24.3 Å². The number of nitrogens with zero attached hydrogens (tertiary/aromatic N) is 2. The van der Waals surface area contributed by atoms with E-state index in [1.54, 1.807) is 19.9 Å². The van der Waals surface area contributed by atoms with Gasteiger partial charge in [-0.25, -0.2) is 17.7 Å². The van der Waals surface area contributed by atoms with Crippen LogP contribution in [0.2, 0.25) is 0 Å². The number of carbonyl (C=O) groups excluding carboxylic acids is 1. The molecule has 0 aliphatic rings. The normalized spacial score (nSPS) is 11.6. The highest BCUT2D eigenvalue weighted by Crippen LogP contribution is 2.24. The summed E-state index contributed by atoms with van der Waals surface area (Å²) in [6.07, 6.45) is 0.0201. The number of oxazole rings is 1. The van der Waals surface area contributed by atoms with Gasteiger partial charge >= 0.3 is 0 Å². The summed E-state index contributed by atoms with van der Waals surface area (Å²) in [6, 6.07) is 14.1. The van der Waals surface area contributed by atoms with Crippen molar-refractivity contribution in [3.63, 3.8) is 0 Å². The van der Waals surface area contributed by atoms with Crippen molar-refractivity contribution in [1.29, 1.82) is 0 Å². The zero-order valence-corrected chi connectivity index (χ0v) is 17.6. The van der Waals surface area contributed by atoms with Crippen LogP contribution in [0.5, 0.6) is 0 Å². The van der Waals surface area contributed by atoms with Gasteiger partial charge in [-0.3, -0.25) is 4.79 Å². The van der Waals surface area contributed by atoms with E-state index in [9.17, 15) is 13.2 Å². The van der Waals surface area contributed by atoms with Crippen LogP contribution in [0.3, 0.4) is 0 Å². The van der Waals surface area contributed by atoms with Crippen molar-refractivity contribution in [3.8, 4) is 11.5 Å². The third kappa shape index (κ3) is 4.55. The molecule has 3 rings (SSSR count). The van der Waals surface area contributed by atoms with Crippen molar-refractivity contribution in [1.82, 2.24) is 9.29 Å². The highest BCUT2D eigenvalue weighted by atomic mass is 32.2. The van der Waals surface area contributed by atoms with Crippen LogP contribution in [0.15, 0.2) is 57.8 Å². The van der Waals surface area contributed by atoms with Gasteiger partial charge in [0.15, 0.2) is 0 Å². The fraction of sp³-hybridized carbons (Fsp3) is 0.238. The first-order valence-electron chi connectivity index (χ1n) is 9.03. The Labute approximate surface area is 170 Å². The van der Waals surface area contributed by atoms with Crippen molar-refractivity contribution in [3.05, 3.63) is 65.5 Å². The molecule has 0 spiro atoms. The Hall–Kier alpha value is -2.97. The first-order valence-corrected chi connectivity index (χ1v) is 10.5. The molecule has 0 bridgehead atoms. The molecular weight excluding hydrogens is 390 g/mol. The van der Waals surface area contributed by atoms with E-state index in [2.05, 4.69) is 10.3 Å². The second-order valence-electron chi connectivity index (χ2n) is 6.88. The Morgan fingerprint density at radius 2 is 1.79 bits per heavy atom. The summed E-state index contributed by atoms with van der Waals surface area (Å²) in [4.78, 5) is 17.1. The predicted molar refractivity (Wildman–Crippen MR) is 111 cm³/mol. The first kappa shape index (κ1) is 20.8. The lowest BCUT2D eigenvalue weighted by atomic mass is 10.2. The number of hydrogen-bond donors (Lipinski definition) is 1. The lowest BCUT2D eigenvalue weighted by Crippen LogP contribution is -2.22. The van der Waals surface area contributed by atoms with E-state index in [1.165, 1.54) is 26.2 Å². The number of aromatic nitrogens is 1. The molecule has 1 N–H and O–H groups in total. The molecule has 29 heavy (non-hydrogen) atoms. The van der Waals surface area contributed by atoms with E-state index >= 15 is 0 Å². The fourth-order valence-electron chi connectivity index (χ4n) is 2.75. The topological polar surface area (TPSA) is 92.5 Å². The third-order valence-electron chi connectivity index (χ3n) is 4.50. The summed E-state index contributed by atoms with van der Waals surface area (Å²) in [5.41, 5.74) is 2.58. The maximum Gasteiger partial charge on any atom is 0.242 e. The Bertz CT molecular complexity index is 1140. The largest absolute Gasteiger partial charge is 0.441 e. The molecule has 0 fully saturated rings. The molecular formula is C21H23N3O4S. The quantitative estimate of drug-likeness (QED) is 0.669. The van der Waals surface area contributed by atoms with Crippen LogP contribution in [0.1, 0.15) is 17.0 Å². The number of sulfonamides is 1. The summed E-state index contributed by atoms with van der Waals surface area (Å²) in [5.74, 6) is 0.726. The Morgan fingerprint density at radius 3 is 2.45 bits per heavy atom. The summed E-state index contributed by atoms with van der Waals surface area (Å²) in [7, 11) is -0.663. The molecule has 0 unspecified atom stereocenters. The van der Waals surface area contributed by atoms with Crippen molar-refractivity contribution < 1.29 is 17.6 Å². The number of rotatable bonds is 6. The molecule has 0 radical (unpaired) electrons. The van der Waals surface area contributed by atoms with Crippen molar-refractivity contribution in [2.75, 3.05) is 19.4 Å². The highest BCUT2D eigenvalue weighted by molar-refractivity contribution is 7.89. The van der Waals surface area contributed by atoms with Crippen LogP contribution in [0, 0.1) is 13.8 Å². The number of aryl methyl sites for hydroxylation is 2. The lowest BCUT2D eigenvalue weighted by molar-refractivity contribution is -0.115. The third-order valence-corrected chi connectivity index (χ3v) is 6.31. The maximum absolute atomic E-state index is 12.6. The highest BCUT2D eigenvalue weighted by Gasteiger charge is 2.20. The van der Waals surface area contributed by atoms with E-state index < -0.39 is 10.0 Å². The number of carbonyl (C=O) groups is 1. The molecule has 8 heteroatoms. The molecule has 1 heterocycles. The van der Waals surface area contributed by atoms with Gasteiger partial charge in [-0.15, -0.1) is 0 Å². The smallest absolute Gasteiger partial charge is 0.242 e. The SMILES string of the molecule is Cc1ccc(S(=O)(=O)N(C)C)cc1NC(=O)Cc1nc(-c2ccccc2)oc1C. The molecule has 1 amide bonds. The second-order valence-corrected chi connectivity index (χ2v) is 9.03. The summed E-state index contributed by atoms with van der Waals surface area (Å²) < 4.78 is 31.5. The zero-order chi connectivity index (χ0) is 21.2. The number of benzene rings is 2. The molecule has 0 atom stereocenters. The van der Waals surface area contributed by atoms with Gasteiger partial charge in [0.2, 0.25) is 21.8 Å². The number of anilines is 1. The van der Waals surface area contributed by atoms with E-state index in [4.69, 9.17) is 4.42 Å². The van der Waals surface area contributed by atoms with Gasteiger partial charge in [0.05, 0.1) is 17.0 Å². The van der Waals surface area contributed by atoms with Gasteiger partial charge in [0, 0.05) is 25.3 Å². The fourth-order valence-corrected chi connectivity index (χ4v) is 3.68. The van der Waals surface area contributed by atoms with Gasteiger partial charge in [-0.05, 0) is 43.7 Å². The van der Waals surface area contributed by atoms with Crippen LogP contribution in [0.25, 0.3) is 11.5 Å². The second kappa shape index (κ2) is 8.18. The predicted octanol–water partition coefficient (Wildman–Crippen LogP) is 3.39. The monoisotopic (exact) mass is 413 g/mol. The summed E-state index contributed by atoms with van der Waals surface area (Å²) in [6.45, 7) is 3.56. The molecule has 3 aromatic rings. The average molecular weight is 413 g/mol. The Kier molecular flexibility index (Phi) is 5.86. The van der Waals surface area contributed by atoms with Gasteiger partial charge < -0.3 is 9.73 Å². The average Bonchev–Trinajstić information content (AvgIpc) is 3.04. The van der Waals surface area contributed by atoms with E-state index in [1.807, 2.05) is 30.3 Å². The van der Waals surface area contributed by atoms with E-state index in [0.717, 1.165) is 15.4 Å².